The zero-order valence-corrected chi connectivity index (χ0v) is 17.9. The predicted molar refractivity (Wildman–Crippen MR) is 111 cm³/mol. The van der Waals surface area contributed by atoms with E-state index in [1.807, 2.05) is 18.2 Å². The Balaban J connectivity index is 1.47. The molecular weight excluding hydrogens is 392 g/mol. The monoisotopic (exact) mass is 422 g/mol. The number of benzene rings is 1. The van der Waals surface area contributed by atoms with Gasteiger partial charge >= 0.3 is 0 Å². The van der Waals surface area contributed by atoms with Crippen LogP contribution in [0.4, 0.5) is 0 Å². The van der Waals surface area contributed by atoms with Gasteiger partial charge in [0.2, 0.25) is 10.0 Å². The minimum atomic E-state index is -3.18. The highest BCUT2D eigenvalue weighted by Gasteiger charge is 2.40. The van der Waals surface area contributed by atoms with Crippen LogP contribution in [0.25, 0.3) is 5.70 Å². The lowest BCUT2D eigenvalue weighted by atomic mass is 9.82. The topological polar surface area (TPSA) is 85.9 Å². The smallest absolute Gasteiger partial charge is 0.208 e. The van der Waals surface area contributed by atoms with Gasteiger partial charge in [0.25, 0.3) is 0 Å². The summed E-state index contributed by atoms with van der Waals surface area (Å²) in [5, 5.41) is 0. The molecule has 7 nitrogen and oxygen atoms in total. The fraction of sp³-hybridized carbons (Fsp3) is 0.619. The minimum Gasteiger partial charge on any atom is -0.493 e. The van der Waals surface area contributed by atoms with Gasteiger partial charge in [0.05, 0.1) is 25.2 Å². The molecule has 1 aliphatic heterocycles. The third-order valence-electron chi connectivity index (χ3n) is 6.05. The molecule has 0 unspecified atom stereocenters. The molecule has 1 aromatic carbocycles. The van der Waals surface area contributed by atoms with Crippen LogP contribution in [-0.4, -0.2) is 39.5 Å². The van der Waals surface area contributed by atoms with Crippen LogP contribution in [0.15, 0.2) is 24.3 Å². The summed E-state index contributed by atoms with van der Waals surface area (Å²) in [6.45, 7) is 0. The number of nitrogens with one attached hydrogen (secondary N) is 2. The van der Waals surface area contributed by atoms with Crippen molar-refractivity contribution in [2.24, 2.45) is 0 Å². The molecule has 0 atom stereocenters. The van der Waals surface area contributed by atoms with Crippen LogP contribution in [0.5, 0.6) is 11.5 Å². The van der Waals surface area contributed by atoms with Crippen molar-refractivity contribution in [3.05, 3.63) is 29.8 Å². The molecule has 4 rings (SSSR count). The fourth-order valence-corrected chi connectivity index (χ4v) is 5.36. The summed E-state index contributed by atoms with van der Waals surface area (Å²) in [4.78, 5) is 5.96. The summed E-state index contributed by atoms with van der Waals surface area (Å²) < 4.78 is 37.3. The molecule has 0 bridgehead atoms. The van der Waals surface area contributed by atoms with Crippen molar-refractivity contribution < 1.29 is 22.7 Å². The van der Waals surface area contributed by atoms with Crippen LogP contribution in [0.2, 0.25) is 0 Å². The highest BCUT2D eigenvalue weighted by Crippen LogP contribution is 2.40. The number of rotatable bonds is 6. The third kappa shape index (κ3) is 4.87. The molecule has 1 heterocycles. The average Bonchev–Trinajstić information content (AvgIpc) is 3.33. The van der Waals surface area contributed by atoms with E-state index in [-0.39, 0.29) is 12.1 Å². The Kier molecular flexibility index (Phi) is 5.77. The molecule has 160 valence electrons. The van der Waals surface area contributed by atoms with Crippen molar-refractivity contribution in [3.63, 3.8) is 0 Å². The van der Waals surface area contributed by atoms with Gasteiger partial charge in [-0.15, -0.1) is 0 Å². The maximum absolute atomic E-state index is 11.5. The van der Waals surface area contributed by atoms with Gasteiger partial charge in [0.15, 0.2) is 11.5 Å². The van der Waals surface area contributed by atoms with Gasteiger partial charge in [0.1, 0.15) is 5.60 Å². The molecule has 1 aromatic rings. The quantitative estimate of drug-likeness (QED) is 0.733. The lowest BCUT2D eigenvalue weighted by Gasteiger charge is -2.34. The predicted octanol–water partition coefficient (Wildman–Crippen LogP) is 3.12. The molecule has 0 saturated heterocycles. The molecule has 29 heavy (non-hydrogen) atoms. The molecule has 2 saturated carbocycles. The van der Waals surface area contributed by atoms with E-state index in [4.69, 9.17) is 14.3 Å². The number of hydroxylamine groups is 1. The first-order valence-corrected chi connectivity index (χ1v) is 12.2. The third-order valence-corrected chi connectivity index (χ3v) is 6.82. The highest BCUT2D eigenvalue weighted by molar-refractivity contribution is 7.88. The fourth-order valence-electron chi connectivity index (χ4n) is 4.52. The molecule has 0 radical (unpaired) electrons. The Morgan fingerprint density at radius 2 is 1.86 bits per heavy atom. The molecule has 2 fully saturated rings. The number of sulfonamides is 1. The molecule has 2 aliphatic carbocycles. The molecule has 8 heteroatoms. The van der Waals surface area contributed by atoms with Crippen molar-refractivity contribution in [1.82, 2.24) is 10.2 Å². The van der Waals surface area contributed by atoms with Crippen LogP contribution < -0.4 is 19.7 Å². The van der Waals surface area contributed by atoms with E-state index < -0.39 is 15.6 Å². The van der Waals surface area contributed by atoms with E-state index in [1.165, 1.54) is 19.1 Å². The Bertz CT molecular complexity index is 869. The Labute approximate surface area is 172 Å². The second-order valence-corrected chi connectivity index (χ2v) is 10.2. The molecular formula is C21H30N2O5S. The van der Waals surface area contributed by atoms with Gasteiger partial charge in [-0.25, -0.2) is 13.1 Å². The second-order valence-electron chi connectivity index (χ2n) is 8.38. The van der Waals surface area contributed by atoms with Gasteiger partial charge in [0, 0.05) is 11.6 Å². The first-order valence-electron chi connectivity index (χ1n) is 10.4. The van der Waals surface area contributed by atoms with Crippen LogP contribution in [-0.2, 0) is 14.9 Å². The zero-order chi connectivity index (χ0) is 20.5. The van der Waals surface area contributed by atoms with Crippen molar-refractivity contribution in [2.75, 3.05) is 13.4 Å². The van der Waals surface area contributed by atoms with E-state index in [1.54, 1.807) is 7.11 Å². The summed E-state index contributed by atoms with van der Waals surface area (Å²) in [6, 6.07) is 5.91. The molecule has 1 spiro atoms. The summed E-state index contributed by atoms with van der Waals surface area (Å²) in [6.07, 6.45) is 11.2. The second kappa shape index (κ2) is 8.16. The molecule has 0 amide bonds. The summed E-state index contributed by atoms with van der Waals surface area (Å²) in [5.74, 6) is 1.50. The number of hydrogen-bond acceptors (Lipinski definition) is 6. The standard InChI is InChI=1S/C21H30N2O5S/c1-26-19-8-7-15(13-20(19)27-17-5-3-4-6-17)18-14-21(28-22-18)11-9-16(10-12-21)23-29(2,24)25/h7-8,13-14,16-17,22-23H,3-6,9-12H2,1-2H3. The number of hydrogen-bond donors (Lipinski definition) is 2. The molecule has 3 aliphatic rings. The Hall–Kier alpha value is -1.77. The van der Waals surface area contributed by atoms with Gasteiger partial charge in [-0.3, -0.25) is 10.3 Å². The van der Waals surface area contributed by atoms with E-state index >= 15 is 0 Å². The number of methoxy groups -OCH3 is 1. The first-order chi connectivity index (χ1) is 13.9. The lowest BCUT2D eigenvalue weighted by Crippen LogP contribution is -2.43. The van der Waals surface area contributed by atoms with Crippen LogP contribution >= 0.6 is 0 Å². The summed E-state index contributed by atoms with van der Waals surface area (Å²) in [7, 11) is -1.52. The Morgan fingerprint density at radius 3 is 2.52 bits per heavy atom. The highest BCUT2D eigenvalue weighted by atomic mass is 32.2. The van der Waals surface area contributed by atoms with E-state index in [0.29, 0.717) is 0 Å². The SMILES string of the molecule is COc1ccc(C2=CC3(CCC(NS(C)(=O)=O)CC3)ON2)cc1OC1CCCC1. The first kappa shape index (κ1) is 20.5. The molecule has 0 aromatic heterocycles. The summed E-state index contributed by atoms with van der Waals surface area (Å²) in [5.41, 5.74) is 4.60. The van der Waals surface area contributed by atoms with Crippen molar-refractivity contribution in [1.29, 1.82) is 0 Å². The van der Waals surface area contributed by atoms with Crippen LogP contribution in [0, 0.1) is 0 Å². The van der Waals surface area contributed by atoms with Crippen LogP contribution in [0.1, 0.15) is 56.9 Å². The van der Waals surface area contributed by atoms with Crippen molar-refractivity contribution >= 4 is 15.7 Å². The van der Waals surface area contributed by atoms with Gasteiger partial charge in [-0.05, 0) is 75.6 Å². The van der Waals surface area contributed by atoms with E-state index in [2.05, 4.69) is 16.3 Å². The summed E-state index contributed by atoms with van der Waals surface area (Å²) >= 11 is 0. The molecule has 2 N–H and O–H groups in total. The lowest BCUT2D eigenvalue weighted by molar-refractivity contribution is -0.0588. The average molecular weight is 423 g/mol. The van der Waals surface area contributed by atoms with Crippen LogP contribution in [0.3, 0.4) is 0 Å². The van der Waals surface area contributed by atoms with Gasteiger partial charge in [-0.2, -0.15) is 0 Å². The van der Waals surface area contributed by atoms with Gasteiger partial charge in [-0.1, -0.05) is 0 Å². The van der Waals surface area contributed by atoms with Crippen molar-refractivity contribution in [3.8, 4) is 11.5 Å². The van der Waals surface area contributed by atoms with E-state index in [9.17, 15) is 8.42 Å². The zero-order valence-electron chi connectivity index (χ0n) is 17.1. The maximum atomic E-state index is 11.5. The van der Waals surface area contributed by atoms with Gasteiger partial charge < -0.3 is 9.47 Å². The maximum Gasteiger partial charge on any atom is 0.208 e. The normalized spacial score (nSPS) is 27.7. The number of ether oxygens (including phenoxy) is 2. The van der Waals surface area contributed by atoms with Crippen molar-refractivity contribution in [2.45, 2.75) is 69.1 Å². The Morgan fingerprint density at radius 1 is 1.14 bits per heavy atom. The van der Waals surface area contributed by atoms with E-state index in [0.717, 1.165) is 61.3 Å². The minimum absolute atomic E-state index is 0.0240. The largest absolute Gasteiger partial charge is 0.493 e.